The summed E-state index contributed by atoms with van der Waals surface area (Å²) in [6.45, 7) is 2.26. The molecule has 0 spiro atoms. The van der Waals surface area contributed by atoms with Gasteiger partial charge in [-0.3, -0.25) is 5.32 Å². The number of benzene rings is 1. The predicted octanol–water partition coefficient (Wildman–Crippen LogP) is 1.73. The van der Waals surface area contributed by atoms with Gasteiger partial charge in [0.2, 0.25) is 0 Å². The van der Waals surface area contributed by atoms with Crippen LogP contribution in [0.2, 0.25) is 0 Å². The maximum Gasteiger partial charge on any atom is 0.411 e. The summed E-state index contributed by atoms with van der Waals surface area (Å²) in [5.41, 5.74) is 1.16. The molecule has 2 rings (SSSR count). The number of amides is 3. The fraction of sp³-hybridized carbons (Fsp3) is 0.385. The number of urea groups is 1. The molecule has 0 aromatic heterocycles. The maximum absolute atomic E-state index is 12.0. The first kappa shape index (κ1) is 14.1. The minimum atomic E-state index is -0.554. The summed E-state index contributed by atoms with van der Waals surface area (Å²) in [6, 6.07) is 6.68. The lowest BCUT2D eigenvalue weighted by Crippen LogP contribution is -2.43. The number of carbonyl (C=O) groups is 2. The third-order valence-electron chi connectivity index (χ3n) is 2.84. The van der Waals surface area contributed by atoms with Crippen molar-refractivity contribution in [3.8, 4) is 0 Å². The van der Waals surface area contributed by atoms with Crippen molar-refractivity contribution in [2.24, 2.45) is 0 Å². The fourth-order valence-electron chi connectivity index (χ4n) is 1.81. The Morgan fingerprint density at radius 3 is 2.50 bits per heavy atom. The van der Waals surface area contributed by atoms with Gasteiger partial charge in [0.15, 0.2) is 0 Å². The molecular formula is C13H17N3O4. The van der Waals surface area contributed by atoms with Gasteiger partial charge in [0.25, 0.3) is 0 Å². The van der Waals surface area contributed by atoms with Gasteiger partial charge >= 0.3 is 12.1 Å². The van der Waals surface area contributed by atoms with E-state index < -0.39 is 6.09 Å². The summed E-state index contributed by atoms with van der Waals surface area (Å²) in [7, 11) is 1.29. The number of carbonyl (C=O) groups excluding carboxylic acids is 2. The first-order valence-corrected chi connectivity index (χ1v) is 6.28. The average molecular weight is 279 g/mol. The van der Waals surface area contributed by atoms with Crippen LogP contribution in [0.4, 0.5) is 21.0 Å². The van der Waals surface area contributed by atoms with Gasteiger partial charge in [-0.15, -0.1) is 0 Å². The monoisotopic (exact) mass is 279 g/mol. The average Bonchev–Trinajstić information content (AvgIpc) is 2.48. The summed E-state index contributed by atoms with van der Waals surface area (Å²) >= 11 is 0. The van der Waals surface area contributed by atoms with E-state index in [9.17, 15) is 9.59 Å². The van der Waals surface area contributed by atoms with Crippen LogP contribution in [0.3, 0.4) is 0 Å². The summed E-state index contributed by atoms with van der Waals surface area (Å²) < 4.78 is 9.70. The van der Waals surface area contributed by atoms with Crippen molar-refractivity contribution in [1.82, 2.24) is 4.90 Å². The Kier molecular flexibility index (Phi) is 4.78. The van der Waals surface area contributed by atoms with Crippen molar-refractivity contribution in [3.05, 3.63) is 24.3 Å². The van der Waals surface area contributed by atoms with Crippen LogP contribution in [0.25, 0.3) is 0 Å². The van der Waals surface area contributed by atoms with Gasteiger partial charge in [-0.25, -0.2) is 9.59 Å². The molecule has 0 unspecified atom stereocenters. The van der Waals surface area contributed by atoms with E-state index in [0.29, 0.717) is 37.7 Å². The van der Waals surface area contributed by atoms with Gasteiger partial charge < -0.3 is 19.7 Å². The van der Waals surface area contributed by atoms with Crippen LogP contribution in [0.15, 0.2) is 24.3 Å². The topological polar surface area (TPSA) is 79.9 Å². The first-order chi connectivity index (χ1) is 9.69. The Balaban J connectivity index is 1.96. The molecule has 0 atom stereocenters. The lowest BCUT2D eigenvalue weighted by atomic mass is 10.3. The van der Waals surface area contributed by atoms with E-state index >= 15 is 0 Å². The zero-order chi connectivity index (χ0) is 14.4. The molecule has 1 aromatic carbocycles. The quantitative estimate of drug-likeness (QED) is 0.864. The number of hydrogen-bond donors (Lipinski definition) is 2. The molecule has 0 bridgehead atoms. The predicted molar refractivity (Wildman–Crippen MR) is 73.9 cm³/mol. The number of rotatable bonds is 2. The SMILES string of the molecule is COC(=O)Nc1cccc(NC(=O)N2CCOCC2)c1. The Bertz CT molecular complexity index is 486. The maximum atomic E-state index is 12.0. The Hall–Kier alpha value is -2.28. The lowest BCUT2D eigenvalue weighted by Gasteiger charge is -2.27. The molecule has 0 saturated carbocycles. The number of hydrogen-bond acceptors (Lipinski definition) is 4. The molecular weight excluding hydrogens is 262 g/mol. The van der Waals surface area contributed by atoms with Crippen molar-refractivity contribution in [1.29, 1.82) is 0 Å². The minimum Gasteiger partial charge on any atom is -0.453 e. The molecule has 2 N–H and O–H groups in total. The normalized spacial score (nSPS) is 14.6. The van der Waals surface area contributed by atoms with Crippen LogP contribution < -0.4 is 10.6 Å². The van der Waals surface area contributed by atoms with E-state index in [1.54, 1.807) is 29.2 Å². The molecule has 108 valence electrons. The standard InChI is InChI=1S/C13H17N3O4/c1-19-13(18)15-11-4-2-3-10(9-11)14-12(17)16-5-7-20-8-6-16/h2-4,9H,5-8H2,1H3,(H,14,17)(H,15,18). The highest BCUT2D eigenvalue weighted by Gasteiger charge is 2.16. The molecule has 7 heteroatoms. The Morgan fingerprint density at radius 2 is 1.85 bits per heavy atom. The molecule has 1 aliphatic heterocycles. The number of methoxy groups -OCH3 is 1. The number of morpholine rings is 1. The van der Waals surface area contributed by atoms with Gasteiger partial charge in [0.1, 0.15) is 0 Å². The zero-order valence-corrected chi connectivity index (χ0v) is 11.2. The molecule has 1 aliphatic rings. The molecule has 7 nitrogen and oxygen atoms in total. The largest absolute Gasteiger partial charge is 0.453 e. The third kappa shape index (κ3) is 3.86. The van der Waals surface area contributed by atoms with Gasteiger partial charge in [0.05, 0.1) is 20.3 Å². The van der Waals surface area contributed by atoms with Crippen LogP contribution in [0, 0.1) is 0 Å². The number of nitrogens with zero attached hydrogens (tertiary/aromatic N) is 1. The van der Waals surface area contributed by atoms with Gasteiger partial charge in [0, 0.05) is 24.5 Å². The van der Waals surface area contributed by atoms with Crippen molar-refractivity contribution in [2.45, 2.75) is 0 Å². The van der Waals surface area contributed by atoms with Gasteiger partial charge in [-0.1, -0.05) is 6.07 Å². The highest BCUT2D eigenvalue weighted by atomic mass is 16.5. The van der Waals surface area contributed by atoms with E-state index in [1.807, 2.05) is 0 Å². The van der Waals surface area contributed by atoms with E-state index in [2.05, 4.69) is 15.4 Å². The molecule has 1 fully saturated rings. The van der Waals surface area contributed by atoms with Crippen molar-refractivity contribution in [2.75, 3.05) is 44.0 Å². The molecule has 1 aromatic rings. The molecule has 0 radical (unpaired) electrons. The third-order valence-corrected chi connectivity index (χ3v) is 2.84. The molecule has 0 aliphatic carbocycles. The van der Waals surface area contributed by atoms with Crippen LogP contribution in [-0.4, -0.2) is 50.4 Å². The second-order valence-corrected chi connectivity index (χ2v) is 4.23. The van der Waals surface area contributed by atoms with Crippen LogP contribution in [0.5, 0.6) is 0 Å². The van der Waals surface area contributed by atoms with Crippen LogP contribution in [0.1, 0.15) is 0 Å². The van der Waals surface area contributed by atoms with E-state index in [-0.39, 0.29) is 6.03 Å². The second kappa shape index (κ2) is 6.76. The van der Waals surface area contributed by atoms with Gasteiger partial charge in [-0.05, 0) is 18.2 Å². The first-order valence-electron chi connectivity index (χ1n) is 6.28. The molecule has 1 heterocycles. The second-order valence-electron chi connectivity index (χ2n) is 4.23. The molecule has 20 heavy (non-hydrogen) atoms. The number of ether oxygens (including phenoxy) is 2. The Morgan fingerprint density at radius 1 is 1.20 bits per heavy atom. The number of anilines is 2. The highest BCUT2D eigenvalue weighted by Crippen LogP contribution is 2.16. The van der Waals surface area contributed by atoms with Crippen LogP contribution >= 0.6 is 0 Å². The fourth-order valence-corrected chi connectivity index (χ4v) is 1.81. The van der Waals surface area contributed by atoms with E-state index in [1.165, 1.54) is 7.11 Å². The highest BCUT2D eigenvalue weighted by molar-refractivity contribution is 5.91. The smallest absolute Gasteiger partial charge is 0.411 e. The van der Waals surface area contributed by atoms with E-state index in [4.69, 9.17) is 4.74 Å². The summed E-state index contributed by atoms with van der Waals surface area (Å²) in [5, 5.41) is 5.32. The zero-order valence-electron chi connectivity index (χ0n) is 11.2. The summed E-state index contributed by atoms with van der Waals surface area (Å²) in [5.74, 6) is 0. The minimum absolute atomic E-state index is 0.177. The van der Waals surface area contributed by atoms with Crippen molar-refractivity contribution >= 4 is 23.5 Å². The molecule has 3 amide bonds. The summed E-state index contributed by atoms with van der Waals surface area (Å²) in [4.78, 5) is 24.8. The number of nitrogens with one attached hydrogen (secondary N) is 2. The van der Waals surface area contributed by atoms with Crippen molar-refractivity contribution < 1.29 is 19.1 Å². The Labute approximate surface area is 116 Å². The van der Waals surface area contributed by atoms with E-state index in [0.717, 1.165) is 0 Å². The van der Waals surface area contributed by atoms with Crippen LogP contribution in [-0.2, 0) is 9.47 Å². The van der Waals surface area contributed by atoms with Gasteiger partial charge in [-0.2, -0.15) is 0 Å². The molecule has 1 saturated heterocycles. The summed E-state index contributed by atoms with van der Waals surface area (Å²) in [6.07, 6.45) is -0.554. The lowest BCUT2D eigenvalue weighted by molar-refractivity contribution is 0.0564. The van der Waals surface area contributed by atoms with Crippen molar-refractivity contribution in [3.63, 3.8) is 0 Å².